The lowest BCUT2D eigenvalue weighted by Gasteiger charge is -2.28. The molecule has 4 unspecified atom stereocenters. The molecule has 5 heterocycles. The summed E-state index contributed by atoms with van der Waals surface area (Å²) in [6.07, 6.45) is 2.61. The summed E-state index contributed by atoms with van der Waals surface area (Å²) in [5, 5.41) is 6.75. The number of amides is 1. The minimum absolute atomic E-state index is 0.158. The average molecular weight is 503 g/mol. The average Bonchev–Trinajstić information content (AvgIpc) is 3.60. The minimum Gasteiger partial charge on any atom is -0.382 e. The van der Waals surface area contributed by atoms with Crippen LogP contribution >= 0.6 is 0 Å². The number of aromatic nitrogens is 6. The van der Waals surface area contributed by atoms with Gasteiger partial charge in [0.1, 0.15) is 23.8 Å². The van der Waals surface area contributed by atoms with Gasteiger partial charge < -0.3 is 34.7 Å². The van der Waals surface area contributed by atoms with Crippen LogP contribution in [0.4, 0.5) is 5.82 Å². The zero-order valence-electron chi connectivity index (χ0n) is 21.0. The topological polar surface area (TPSA) is 163 Å². The smallest absolute Gasteiger partial charge is 0.254 e. The summed E-state index contributed by atoms with van der Waals surface area (Å²) in [6, 6.07) is 0. The Labute approximate surface area is 207 Å². The van der Waals surface area contributed by atoms with Gasteiger partial charge in [-0.2, -0.15) is 15.1 Å². The Morgan fingerprint density at radius 1 is 1.28 bits per heavy atom. The molecule has 0 radical (unpaired) electrons. The highest BCUT2D eigenvalue weighted by atomic mass is 16.8. The third-order valence-electron chi connectivity index (χ3n) is 6.20. The SMILES string of the molecule is CNC(=O)c1cnn(-c2nc(N)c3ncn(C4OC(COC(C)(C)OC)C5OC(C)(C)OC54)c3n2)c1. The molecule has 3 aromatic rings. The minimum atomic E-state index is -0.812. The summed E-state index contributed by atoms with van der Waals surface area (Å²) in [5.74, 6) is -1.55. The fraction of sp³-hybridized carbons (Fsp3) is 0.591. The molecule has 0 aliphatic carbocycles. The van der Waals surface area contributed by atoms with Crippen molar-refractivity contribution in [2.45, 2.75) is 63.8 Å². The molecule has 36 heavy (non-hydrogen) atoms. The van der Waals surface area contributed by atoms with Crippen LogP contribution in [-0.4, -0.2) is 85.9 Å². The largest absolute Gasteiger partial charge is 0.382 e. The summed E-state index contributed by atoms with van der Waals surface area (Å²) in [6.45, 7) is 7.57. The standard InChI is InChI=1S/C22H30N8O6/c1-21(2,32-6)33-9-12-14-15(36-22(3,4)35-14)19(34-12)29-10-25-13-16(23)27-20(28-17(13)29)30-8-11(7-26-30)18(31)24-5/h7-8,10,12,14-15,19H,9H2,1-6H3,(H,24,31)(H2,23,27,28). The second-order valence-electron chi connectivity index (χ2n) is 9.53. The lowest BCUT2D eigenvalue weighted by Crippen LogP contribution is -2.37. The number of nitrogens with one attached hydrogen (secondary N) is 1. The fourth-order valence-corrected chi connectivity index (χ4v) is 4.27. The van der Waals surface area contributed by atoms with Crippen LogP contribution in [0.25, 0.3) is 17.1 Å². The van der Waals surface area contributed by atoms with Crippen LogP contribution in [0.3, 0.4) is 0 Å². The number of methoxy groups -OCH3 is 1. The molecule has 0 spiro atoms. The number of imidazole rings is 1. The van der Waals surface area contributed by atoms with Crippen molar-refractivity contribution >= 4 is 22.9 Å². The van der Waals surface area contributed by atoms with Gasteiger partial charge in [-0.05, 0) is 27.7 Å². The van der Waals surface area contributed by atoms with Crippen LogP contribution in [0.5, 0.6) is 0 Å². The van der Waals surface area contributed by atoms with Gasteiger partial charge in [0.15, 0.2) is 29.3 Å². The van der Waals surface area contributed by atoms with Gasteiger partial charge in [-0.25, -0.2) is 9.67 Å². The molecular weight excluding hydrogens is 472 g/mol. The second-order valence-corrected chi connectivity index (χ2v) is 9.53. The van der Waals surface area contributed by atoms with Crippen molar-refractivity contribution in [3.05, 3.63) is 24.3 Å². The predicted molar refractivity (Wildman–Crippen MR) is 125 cm³/mol. The van der Waals surface area contributed by atoms with Crippen LogP contribution in [0.15, 0.2) is 18.7 Å². The maximum atomic E-state index is 11.9. The van der Waals surface area contributed by atoms with Crippen LogP contribution < -0.4 is 11.1 Å². The lowest BCUT2D eigenvalue weighted by atomic mass is 10.1. The molecule has 0 bridgehead atoms. The first-order chi connectivity index (χ1) is 17.0. The van der Waals surface area contributed by atoms with Gasteiger partial charge in [-0.15, -0.1) is 0 Å². The van der Waals surface area contributed by atoms with Crippen molar-refractivity contribution < 1.29 is 28.5 Å². The molecule has 3 N–H and O–H groups in total. The number of anilines is 1. The lowest BCUT2D eigenvalue weighted by molar-refractivity contribution is -0.235. The first-order valence-electron chi connectivity index (χ1n) is 11.5. The Kier molecular flexibility index (Phi) is 5.95. The number of nitrogens with two attached hydrogens (primary N) is 1. The number of nitrogens with zero attached hydrogens (tertiary/aromatic N) is 6. The third-order valence-corrected chi connectivity index (χ3v) is 6.20. The van der Waals surface area contributed by atoms with E-state index in [0.717, 1.165) is 0 Å². The van der Waals surface area contributed by atoms with E-state index in [2.05, 4.69) is 25.4 Å². The van der Waals surface area contributed by atoms with Gasteiger partial charge in [-0.1, -0.05) is 0 Å². The molecule has 14 nitrogen and oxygen atoms in total. The van der Waals surface area contributed by atoms with E-state index in [1.807, 2.05) is 27.7 Å². The zero-order valence-corrected chi connectivity index (χ0v) is 21.0. The molecule has 1 amide bonds. The normalized spacial score (nSPS) is 25.4. The number of carbonyl (C=O) groups excluding carboxylic acids is 1. The number of nitrogen functional groups attached to an aromatic ring is 1. The maximum Gasteiger partial charge on any atom is 0.254 e. The maximum absolute atomic E-state index is 11.9. The van der Waals surface area contributed by atoms with E-state index in [9.17, 15) is 4.79 Å². The Bertz CT molecular complexity index is 1290. The summed E-state index contributed by atoms with van der Waals surface area (Å²) in [7, 11) is 3.12. The van der Waals surface area contributed by atoms with E-state index in [-0.39, 0.29) is 24.3 Å². The first kappa shape index (κ1) is 24.5. The summed E-state index contributed by atoms with van der Waals surface area (Å²) < 4.78 is 33.1. The highest BCUT2D eigenvalue weighted by molar-refractivity contribution is 5.93. The van der Waals surface area contributed by atoms with E-state index in [1.165, 1.54) is 24.1 Å². The van der Waals surface area contributed by atoms with Crippen LogP contribution in [0, 0.1) is 0 Å². The number of hydrogen-bond donors (Lipinski definition) is 2. The van der Waals surface area contributed by atoms with E-state index < -0.39 is 36.1 Å². The molecule has 3 aromatic heterocycles. The van der Waals surface area contributed by atoms with E-state index in [0.29, 0.717) is 16.7 Å². The molecule has 194 valence electrons. The molecule has 0 saturated carbocycles. The Hall–Kier alpha value is -3.17. The van der Waals surface area contributed by atoms with Crippen molar-refractivity contribution in [2.24, 2.45) is 0 Å². The van der Waals surface area contributed by atoms with Gasteiger partial charge >= 0.3 is 0 Å². The van der Waals surface area contributed by atoms with Crippen molar-refractivity contribution in [3.8, 4) is 5.95 Å². The van der Waals surface area contributed by atoms with E-state index in [1.54, 1.807) is 18.0 Å². The Morgan fingerprint density at radius 3 is 2.75 bits per heavy atom. The van der Waals surface area contributed by atoms with E-state index in [4.69, 9.17) is 29.4 Å². The molecule has 4 atom stereocenters. The van der Waals surface area contributed by atoms with Crippen LogP contribution in [0.1, 0.15) is 44.3 Å². The van der Waals surface area contributed by atoms with Gasteiger partial charge in [0, 0.05) is 20.4 Å². The van der Waals surface area contributed by atoms with Crippen LogP contribution in [-0.2, 0) is 23.7 Å². The predicted octanol–water partition coefficient (Wildman–Crippen LogP) is 0.770. The number of carbonyl (C=O) groups is 1. The second kappa shape index (κ2) is 8.74. The molecule has 0 aromatic carbocycles. The molecule has 2 aliphatic rings. The number of ether oxygens (including phenoxy) is 5. The van der Waals surface area contributed by atoms with Crippen molar-refractivity contribution in [1.82, 2.24) is 34.6 Å². The van der Waals surface area contributed by atoms with Crippen molar-refractivity contribution in [1.29, 1.82) is 0 Å². The fourth-order valence-electron chi connectivity index (χ4n) is 4.27. The van der Waals surface area contributed by atoms with Crippen LogP contribution in [0.2, 0.25) is 0 Å². The number of fused-ring (bicyclic) bond motifs is 2. The first-order valence-corrected chi connectivity index (χ1v) is 11.5. The van der Waals surface area contributed by atoms with Crippen molar-refractivity contribution in [2.75, 3.05) is 26.5 Å². The monoisotopic (exact) mass is 502 g/mol. The molecular formula is C22H30N8O6. The number of hydrogen-bond acceptors (Lipinski definition) is 11. The van der Waals surface area contributed by atoms with Gasteiger partial charge in [-0.3, -0.25) is 9.36 Å². The molecule has 14 heteroatoms. The highest BCUT2D eigenvalue weighted by Crippen LogP contribution is 2.44. The van der Waals surface area contributed by atoms with Gasteiger partial charge in [0.2, 0.25) is 0 Å². The Balaban J connectivity index is 1.50. The highest BCUT2D eigenvalue weighted by Gasteiger charge is 2.56. The molecule has 2 fully saturated rings. The van der Waals surface area contributed by atoms with E-state index >= 15 is 0 Å². The third kappa shape index (κ3) is 4.30. The summed E-state index contributed by atoms with van der Waals surface area (Å²) in [5.41, 5.74) is 7.39. The number of rotatable bonds is 7. The molecule has 5 rings (SSSR count). The van der Waals surface area contributed by atoms with Gasteiger partial charge in [0.05, 0.1) is 24.7 Å². The quantitative estimate of drug-likeness (QED) is 0.439. The summed E-state index contributed by atoms with van der Waals surface area (Å²) in [4.78, 5) is 25.3. The molecule has 2 aliphatic heterocycles. The zero-order chi connectivity index (χ0) is 25.8. The summed E-state index contributed by atoms with van der Waals surface area (Å²) >= 11 is 0. The molecule has 2 saturated heterocycles. The van der Waals surface area contributed by atoms with Gasteiger partial charge in [0.25, 0.3) is 11.9 Å². The van der Waals surface area contributed by atoms with Crippen molar-refractivity contribution in [3.63, 3.8) is 0 Å². The Morgan fingerprint density at radius 2 is 2.03 bits per heavy atom.